The van der Waals surface area contributed by atoms with Crippen LogP contribution in [0, 0.1) is 0 Å². The number of hydrogen-bond donors (Lipinski definition) is 0. The fraction of sp³-hybridized carbons (Fsp3) is 0.750. The minimum atomic E-state index is -0.785. The number of unbranched alkanes of at least 4 members (excludes halogenated alkanes) is 37. The molecule has 0 aromatic rings. The SMILES string of the molecule is CC/C=C\C/C=C\C/C=C\C/C=C\C/C=C\CCCCCCCCCCCCCCCCCCCC(=O)OCC(COC(=O)CCCCCCC/C=C\CCCCCC)OC(=O)CCCCCCCCC/C=C\C/C=C\CCCCCC. The average molecular weight is 1140 g/mol. The molecule has 6 nitrogen and oxygen atoms in total. The molecule has 0 heterocycles. The number of ether oxygens (including phenoxy) is 3. The van der Waals surface area contributed by atoms with Crippen molar-refractivity contribution >= 4 is 17.9 Å². The summed E-state index contributed by atoms with van der Waals surface area (Å²) in [6.45, 7) is 6.52. The molecule has 0 amide bonds. The van der Waals surface area contributed by atoms with Crippen molar-refractivity contribution in [1.29, 1.82) is 0 Å². The molecular formula is C76H132O6. The van der Waals surface area contributed by atoms with Crippen LogP contribution in [-0.2, 0) is 28.6 Å². The van der Waals surface area contributed by atoms with Crippen LogP contribution in [0.3, 0.4) is 0 Å². The lowest BCUT2D eigenvalue weighted by atomic mass is 10.0. The first-order chi connectivity index (χ1) is 40.5. The van der Waals surface area contributed by atoms with Gasteiger partial charge in [0, 0.05) is 19.3 Å². The van der Waals surface area contributed by atoms with E-state index in [0.29, 0.717) is 19.3 Å². The predicted octanol–water partition coefficient (Wildman–Crippen LogP) is 24.4. The molecule has 0 aliphatic heterocycles. The molecule has 0 aliphatic carbocycles. The van der Waals surface area contributed by atoms with Gasteiger partial charge >= 0.3 is 17.9 Å². The zero-order valence-corrected chi connectivity index (χ0v) is 54.2. The summed E-state index contributed by atoms with van der Waals surface area (Å²) >= 11 is 0. The van der Waals surface area contributed by atoms with Crippen LogP contribution >= 0.6 is 0 Å². The van der Waals surface area contributed by atoms with E-state index in [1.165, 1.54) is 199 Å². The molecule has 0 saturated heterocycles. The Morgan fingerprint density at radius 2 is 0.476 bits per heavy atom. The van der Waals surface area contributed by atoms with Gasteiger partial charge in [0.05, 0.1) is 0 Å². The monoisotopic (exact) mass is 1140 g/mol. The van der Waals surface area contributed by atoms with Crippen molar-refractivity contribution in [2.45, 2.75) is 354 Å². The fourth-order valence-electron chi connectivity index (χ4n) is 10.0. The van der Waals surface area contributed by atoms with Gasteiger partial charge in [0.2, 0.25) is 0 Å². The summed E-state index contributed by atoms with van der Waals surface area (Å²) in [5.41, 5.74) is 0. The van der Waals surface area contributed by atoms with Crippen molar-refractivity contribution < 1.29 is 28.6 Å². The van der Waals surface area contributed by atoms with E-state index in [1.54, 1.807) is 0 Å². The molecule has 0 fully saturated rings. The lowest BCUT2D eigenvalue weighted by Crippen LogP contribution is -2.30. The topological polar surface area (TPSA) is 78.9 Å². The highest BCUT2D eigenvalue weighted by Crippen LogP contribution is 2.17. The fourth-order valence-corrected chi connectivity index (χ4v) is 10.0. The molecule has 82 heavy (non-hydrogen) atoms. The Morgan fingerprint density at radius 1 is 0.256 bits per heavy atom. The zero-order chi connectivity index (χ0) is 59.2. The van der Waals surface area contributed by atoms with E-state index in [-0.39, 0.29) is 31.1 Å². The molecule has 472 valence electrons. The van der Waals surface area contributed by atoms with Crippen LogP contribution in [0.5, 0.6) is 0 Å². The third-order valence-electron chi connectivity index (χ3n) is 15.3. The van der Waals surface area contributed by atoms with Crippen LogP contribution in [0.25, 0.3) is 0 Å². The molecular weight excluding hydrogens is 1010 g/mol. The third kappa shape index (κ3) is 67.1. The Bertz CT molecular complexity index is 1590. The maximum absolute atomic E-state index is 12.9. The molecule has 0 saturated carbocycles. The van der Waals surface area contributed by atoms with Gasteiger partial charge in [-0.3, -0.25) is 14.4 Å². The van der Waals surface area contributed by atoms with Gasteiger partial charge in [0.15, 0.2) is 6.10 Å². The summed E-state index contributed by atoms with van der Waals surface area (Å²) in [6.07, 6.45) is 94.4. The minimum absolute atomic E-state index is 0.0798. The maximum atomic E-state index is 12.9. The van der Waals surface area contributed by atoms with Gasteiger partial charge < -0.3 is 14.2 Å². The van der Waals surface area contributed by atoms with Crippen molar-refractivity contribution in [3.8, 4) is 0 Å². The van der Waals surface area contributed by atoms with Gasteiger partial charge in [-0.1, -0.05) is 304 Å². The molecule has 0 bridgehead atoms. The summed E-state index contributed by atoms with van der Waals surface area (Å²) in [5.74, 6) is -0.881. The lowest BCUT2D eigenvalue weighted by molar-refractivity contribution is -0.167. The first-order valence-corrected chi connectivity index (χ1v) is 35.2. The second-order valence-corrected chi connectivity index (χ2v) is 23.4. The summed E-state index contributed by atoms with van der Waals surface area (Å²) in [5, 5.41) is 0. The van der Waals surface area contributed by atoms with Gasteiger partial charge in [0.25, 0.3) is 0 Å². The van der Waals surface area contributed by atoms with E-state index in [0.717, 1.165) is 109 Å². The molecule has 0 radical (unpaired) electrons. The summed E-state index contributed by atoms with van der Waals surface area (Å²) in [4.78, 5) is 38.4. The Kier molecular flexibility index (Phi) is 66.7. The second kappa shape index (κ2) is 69.8. The van der Waals surface area contributed by atoms with Crippen molar-refractivity contribution in [2.75, 3.05) is 13.2 Å². The van der Waals surface area contributed by atoms with Crippen LogP contribution in [0.15, 0.2) is 97.2 Å². The van der Waals surface area contributed by atoms with E-state index < -0.39 is 6.10 Å². The molecule has 0 aromatic carbocycles. The number of carbonyl (C=O) groups is 3. The predicted molar refractivity (Wildman–Crippen MR) is 357 cm³/mol. The molecule has 1 unspecified atom stereocenters. The molecule has 0 spiro atoms. The van der Waals surface area contributed by atoms with E-state index in [1.807, 2.05) is 0 Å². The van der Waals surface area contributed by atoms with E-state index in [9.17, 15) is 14.4 Å². The van der Waals surface area contributed by atoms with Crippen LogP contribution in [0.1, 0.15) is 348 Å². The number of esters is 3. The highest BCUT2D eigenvalue weighted by molar-refractivity contribution is 5.71. The summed E-state index contributed by atoms with van der Waals surface area (Å²) in [7, 11) is 0. The highest BCUT2D eigenvalue weighted by atomic mass is 16.6. The van der Waals surface area contributed by atoms with Crippen molar-refractivity contribution in [1.82, 2.24) is 0 Å². The second-order valence-electron chi connectivity index (χ2n) is 23.4. The Balaban J connectivity index is 4.19. The molecule has 0 aromatic heterocycles. The third-order valence-corrected chi connectivity index (χ3v) is 15.3. The van der Waals surface area contributed by atoms with Gasteiger partial charge in [-0.25, -0.2) is 0 Å². The average Bonchev–Trinajstić information content (AvgIpc) is 3.47. The molecule has 1 atom stereocenters. The maximum Gasteiger partial charge on any atom is 0.306 e. The van der Waals surface area contributed by atoms with Crippen LogP contribution in [0.4, 0.5) is 0 Å². The first-order valence-electron chi connectivity index (χ1n) is 35.2. The van der Waals surface area contributed by atoms with Gasteiger partial charge in [0.1, 0.15) is 13.2 Å². The van der Waals surface area contributed by atoms with Gasteiger partial charge in [-0.2, -0.15) is 0 Å². The Hall–Kier alpha value is -3.67. The zero-order valence-electron chi connectivity index (χ0n) is 54.2. The highest BCUT2D eigenvalue weighted by Gasteiger charge is 2.19. The number of rotatable bonds is 64. The van der Waals surface area contributed by atoms with Gasteiger partial charge in [-0.05, 0) is 122 Å². The first kappa shape index (κ1) is 78.3. The van der Waals surface area contributed by atoms with E-state index >= 15 is 0 Å². The van der Waals surface area contributed by atoms with Crippen molar-refractivity contribution in [3.63, 3.8) is 0 Å². The van der Waals surface area contributed by atoms with Crippen molar-refractivity contribution in [3.05, 3.63) is 97.2 Å². The largest absolute Gasteiger partial charge is 0.462 e. The normalized spacial score (nSPS) is 12.7. The Labute approximate surface area is 508 Å². The van der Waals surface area contributed by atoms with Crippen LogP contribution < -0.4 is 0 Å². The number of hydrogen-bond acceptors (Lipinski definition) is 6. The molecule has 6 heteroatoms. The minimum Gasteiger partial charge on any atom is -0.462 e. The summed E-state index contributed by atoms with van der Waals surface area (Å²) < 4.78 is 17.0. The summed E-state index contributed by atoms with van der Waals surface area (Å²) in [6, 6.07) is 0. The van der Waals surface area contributed by atoms with Crippen molar-refractivity contribution in [2.24, 2.45) is 0 Å². The van der Waals surface area contributed by atoms with Crippen LogP contribution in [-0.4, -0.2) is 37.2 Å². The smallest absolute Gasteiger partial charge is 0.306 e. The number of carbonyl (C=O) groups excluding carboxylic acids is 3. The lowest BCUT2D eigenvalue weighted by Gasteiger charge is -2.18. The molecule has 0 rings (SSSR count). The molecule has 0 aliphatic rings. The Morgan fingerprint density at radius 3 is 0.756 bits per heavy atom. The van der Waals surface area contributed by atoms with Gasteiger partial charge in [-0.15, -0.1) is 0 Å². The van der Waals surface area contributed by atoms with E-state index in [2.05, 4.69) is 118 Å². The van der Waals surface area contributed by atoms with Crippen LogP contribution in [0.2, 0.25) is 0 Å². The standard InChI is InChI=1S/C76H132O6/c1-4-7-10-13-16-19-22-25-27-29-31-32-33-34-35-36-37-38-39-40-41-42-43-44-45-47-48-51-54-57-60-63-66-69-75(78)81-72-73(71-80-74(77)68-65-62-59-56-53-50-24-21-18-15-12-9-6-3)82-76(79)70-67-64-61-58-55-52-49-46-30-28-26-23-20-17-14-11-8-5-2/h7,10,16,19-21,23-25,27-28,30-32,34-35,73H,4-6,8-9,11-15,17-18,22,26,29,33,36-72H2,1-3H3/b10-7-,19-16-,23-20-,24-21-,27-25-,30-28-,32-31-,35-34-. The number of allylic oxidation sites excluding steroid dienone is 16. The van der Waals surface area contributed by atoms with E-state index in [4.69, 9.17) is 14.2 Å². The quantitative estimate of drug-likeness (QED) is 0.0261. The molecule has 0 N–H and O–H groups in total.